The van der Waals surface area contributed by atoms with Crippen molar-refractivity contribution in [1.29, 1.82) is 0 Å². The number of carbonyl (C=O) groups is 1. The van der Waals surface area contributed by atoms with E-state index in [2.05, 4.69) is 29.2 Å². The molecular weight excluding hydrogens is 308 g/mol. The normalized spacial score (nSPS) is 15.8. The van der Waals surface area contributed by atoms with Crippen molar-refractivity contribution in [2.75, 3.05) is 25.1 Å². The lowest BCUT2D eigenvalue weighted by molar-refractivity contribution is 0.0527. The summed E-state index contributed by atoms with van der Waals surface area (Å²) in [4.78, 5) is 16.8. The molecular formula is C17H24N4O3. The van der Waals surface area contributed by atoms with Gasteiger partial charge in [0, 0.05) is 31.5 Å². The summed E-state index contributed by atoms with van der Waals surface area (Å²) in [6.07, 6.45) is 5.17. The molecule has 0 unspecified atom stereocenters. The molecule has 7 heteroatoms. The monoisotopic (exact) mass is 332 g/mol. The molecule has 0 atom stereocenters. The Morgan fingerprint density at radius 1 is 1.42 bits per heavy atom. The number of ether oxygens (including phenoxy) is 2. The fourth-order valence-electron chi connectivity index (χ4n) is 2.94. The van der Waals surface area contributed by atoms with Gasteiger partial charge in [-0.1, -0.05) is 0 Å². The number of nitrogens with zero attached hydrogens (tertiary/aromatic N) is 3. The van der Waals surface area contributed by atoms with Crippen molar-refractivity contribution in [3.63, 3.8) is 0 Å². The van der Waals surface area contributed by atoms with E-state index in [0.29, 0.717) is 12.2 Å². The molecule has 0 radical (unpaired) electrons. The average Bonchev–Trinajstić information content (AvgIpc) is 3.01. The van der Waals surface area contributed by atoms with Gasteiger partial charge in [-0.05, 0) is 33.6 Å². The lowest BCUT2D eigenvalue weighted by Gasteiger charge is -2.25. The molecule has 1 aliphatic heterocycles. The van der Waals surface area contributed by atoms with E-state index >= 15 is 0 Å². The number of hydrogen-bond donors (Lipinski definition) is 1. The van der Waals surface area contributed by atoms with E-state index in [9.17, 15) is 4.79 Å². The first kappa shape index (κ1) is 16.7. The minimum absolute atomic E-state index is 0.194. The van der Waals surface area contributed by atoms with Gasteiger partial charge >= 0.3 is 5.97 Å². The number of hydrogen-bond acceptors (Lipinski definition) is 6. The molecule has 24 heavy (non-hydrogen) atoms. The molecule has 1 saturated heterocycles. The zero-order valence-corrected chi connectivity index (χ0v) is 14.4. The maximum absolute atomic E-state index is 12.3. The molecule has 3 heterocycles. The van der Waals surface area contributed by atoms with E-state index in [-0.39, 0.29) is 18.1 Å². The maximum Gasteiger partial charge on any atom is 0.341 e. The van der Waals surface area contributed by atoms with E-state index in [0.717, 1.165) is 42.8 Å². The third kappa shape index (κ3) is 3.21. The first-order chi connectivity index (χ1) is 11.6. The molecule has 1 aliphatic rings. The Kier molecular flexibility index (Phi) is 4.99. The van der Waals surface area contributed by atoms with Crippen LogP contribution in [-0.2, 0) is 9.47 Å². The van der Waals surface area contributed by atoms with Crippen LogP contribution in [-0.4, -0.2) is 46.6 Å². The van der Waals surface area contributed by atoms with E-state index < -0.39 is 0 Å². The van der Waals surface area contributed by atoms with Gasteiger partial charge in [-0.15, -0.1) is 0 Å². The number of esters is 1. The summed E-state index contributed by atoms with van der Waals surface area (Å²) in [5.74, 6) is -0.362. The van der Waals surface area contributed by atoms with Crippen LogP contribution < -0.4 is 5.32 Å². The van der Waals surface area contributed by atoms with Gasteiger partial charge in [0.25, 0.3) is 0 Å². The van der Waals surface area contributed by atoms with Crippen molar-refractivity contribution in [2.45, 2.75) is 45.7 Å². The van der Waals surface area contributed by atoms with Crippen LogP contribution in [0.4, 0.5) is 5.69 Å². The van der Waals surface area contributed by atoms with Gasteiger partial charge < -0.3 is 14.8 Å². The number of fused-ring (bicyclic) bond motifs is 1. The summed E-state index contributed by atoms with van der Waals surface area (Å²) < 4.78 is 12.5. The van der Waals surface area contributed by atoms with Crippen molar-refractivity contribution < 1.29 is 14.3 Å². The lowest BCUT2D eigenvalue weighted by atomic mass is 10.1. The van der Waals surface area contributed by atoms with Gasteiger partial charge in [-0.2, -0.15) is 5.10 Å². The molecule has 0 spiro atoms. The topological polar surface area (TPSA) is 78.3 Å². The van der Waals surface area contributed by atoms with E-state index in [1.54, 1.807) is 19.3 Å². The Morgan fingerprint density at radius 2 is 2.17 bits per heavy atom. The first-order valence-electron chi connectivity index (χ1n) is 8.49. The largest absolute Gasteiger partial charge is 0.462 e. The van der Waals surface area contributed by atoms with Crippen LogP contribution >= 0.6 is 0 Å². The quantitative estimate of drug-likeness (QED) is 0.848. The number of aromatic nitrogens is 3. The predicted molar refractivity (Wildman–Crippen MR) is 91.3 cm³/mol. The van der Waals surface area contributed by atoms with Crippen molar-refractivity contribution >= 4 is 22.7 Å². The van der Waals surface area contributed by atoms with Crippen molar-refractivity contribution in [2.24, 2.45) is 0 Å². The number of nitrogens with one attached hydrogen (secondary N) is 1. The molecule has 3 rings (SSSR count). The fraction of sp³-hybridized carbons (Fsp3) is 0.588. The standard InChI is InChI=1S/C17H24N4O3/c1-4-24-17(22)14-9-18-16-13(10-19-21(16)11(2)3)15(14)20-12-5-7-23-8-6-12/h9-12H,4-8H2,1-3H3,(H,18,20). The summed E-state index contributed by atoms with van der Waals surface area (Å²) in [5, 5.41) is 8.79. The molecule has 130 valence electrons. The molecule has 0 aromatic carbocycles. The molecule has 0 amide bonds. The van der Waals surface area contributed by atoms with Crippen molar-refractivity contribution in [1.82, 2.24) is 14.8 Å². The van der Waals surface area contributed by atoms with Crippen LogP contribution in [0.5, 0.6) is 0 Å². The second-order valence-corrected chi connectivity index (χ2v) is 6.22. The Labute approximate surface area is 141 Å². The highest BCUT2D eigenvalue weighted by Gasteiger charge is 2.23. The van der Waals surface area contributed by atoms with Crippen molar-refractivity contribution in [3.05, 3.63) is 18.0 Å². The summed E-state index contributed by atoms with van der Waals surface area (Å²) in [6.45, 7) is 7.70. The molecule has 1 N–H and O–H groups in total. The molecule has 7 nitrogen and oxygen atoms in total. The summed E-state index contributed by atoms with van der Waals surface area (Å²) in [5.41, 5.74) is 1.99. The second-order valence-electron chi connectivity index (χ2n) is 6.22. The minimum atomic E-state index is -0.362. The third-order valence-electron chi connectivity index (χ3n) is 4.18. The zero-order chi connectivity index (χ0) is 17.1. The van der Waals surface area contributed by atoms with Gasteiger partial charge in [0.1, 0.15) is 5.56 Å². The van der Waals surface area contributed by atoms with Crippen LogP contribution in [0.15, 0.2) is 12.4 Å². The van der Waals surface area contributed by atoms with Gasteiger partial charge in [0.05, 0.1) is 23.9 Å². The van der Waals surface area contributed by atoms with Crippen LogP contribution in [0, 0.1) is 0 Å². The highest BCUT2D eigenvalue weighted by Crippen LogP contribution is 2.29. The SMILES string of the molecule is CCOC(=O)c1cnc2c(cnn2C(C)C)c1NC1CCOCC1. The highest BCUT2D eigenvalue weighted by molar-refractivity contribution is 6.04. The average molecular weight is 332 g/mol. The number of carbonyl (C=O) groups excluding carboxylic acids is 1. The van der Waals surface area contributed by atoms with Gasteiger partial charge in [-0.3, -0.25) is 0 Å². The Morgan fingerprint density at radius 3 is 2.83 bits per heavy atom. The summed E-state index contributed by atoms with van der Waals surface area (Å²) in [7, 11) is 0. The summed E-state index contributed by atoms with van der Waals surface area (Å²) >= 11 is 0. The minimum Gasteiger partial charge on any atom is -0.462 e. The van der Waals surface area contributed by atoms with Crippen LogP contribution in [0.25, 0.3) is 11.0 Å². The van der Waals surface area contributed by atoms with Crippen molar-refractivity contribution in [3.8, 4) is 0 Å². The third-order valence-corrected chi connectivity index (χ3v) is 4.18. The van der Waals surface area contributed by atoms with Gasteiger partial charge in [-0.25, -0.2) is 14.5 Å². The number of pyridine rings is 1. The Balaban J connectivity index is 2.05. The number of anilines is 1. The summed E-state index contributed by atoms with van der Waals surface area (Å²) in [6, 6.07) is 0.458. The maximum atomic E-state index is 12.3. The lowest BCUT2D eigenvalue weighted by Crippen LogP contribution is -2.29. The fourth-order valence-corrected chi connectivity index (χ4v) is 2.94. The van der Waals surface area contributed by atoms with E-state index in [1.165, 1.54) is 0 Å². The molecule has 1 fully saturated rings. The van der Waals surface area contributed by atoms with Crippen LogP contribution in [0.2, 0.25) is 0 Å². The Bertz CT molecular complexity index is 720. The highest BCUT2D eigenvalue weighted by atomic mass is 16.5. The second kappa shape index (κ2) is 7.17. The predicted octanol–water partition coefficient (Wildman–Crippen LogP) is 2.78. The first-order valence-corrected chi connectivity index (χ1v) is 8.49. The van der Waals surface area contributed by atoms with E-state index in [4.69, 9.17) is 9.47 Å². The van der Waals surface area contributed by atoms with Crippen LogP contribution in [0.3, 0.4) is 0 Å². The van der Waals surface area contributed by atoms with Gasteiger partial charge in [0.15, 0.2) is 5.65 Å². The zero-order valence-electron chi connectivity index (χ0n) is 14.4. The molecule has 0 aliphatic carbocycles. The molecule has 2 aromatic heterocycles. The smallest absolute Gasteiger partial charge is 0.341 e. The molecule has 0 bridgehead atoms. The van der Waals surface area contributed by atoms with Gasteiger partial charge in [0.2, 0.25) is 0 Å². The molecule has 2 aromatic rings. The number of rotatable bonds is 5. The Hall–Kier alpha value is -2.15. The van der Waals surface area contributed by atoms with E-state index in [1.807, 2.05) is 4.68 Å². The van der Waals surface area contributed by atoms with Crippen LogP contribution in [0.1, 0.15) is 50.0 Å². The molecule has 0 saturated carbocycles.